The van der Waals surface area contributed by atoms with E-state index < -0.39 is 15.1 Å². The first-order valence-corrected chi connectivity index (χ1v) is 13.1. The predicted octanol–water partition coefficient (Wildman–Crippen LogP) is 3.58. The monoisotopic (exact) mass is 418 g/mol. The van der Waals surface area contributed by atoms with Crippen molar-refractivity contribution in [3.05, 3.63) is 91.0 Å². The number of benzene rings is 3. The normalized spacial score (nSPS) is 12.0. The van der Waals surface area contributed by atoms with Gasteiger partial charge >= 0.3 is 148 Å². The Kier molecular flexibility index (Phi) is 8.57. The number of hydrogen-bond acceptors (Lipinski definition) is 1. The first-order valence-electron chi connectivity index (χ1n) is 9.33. The molecule has 150 valence electrons. The zero-order valence-electron chi connectivity index (χ0n) is 16.0. The molecule has 0 saturated heterocycles. The summed E-state index contributed by atoms with van der Waals surface area (Å²) >= 11 is 0. The van der Waals surface area contributed by atoms with Crippen LogP contribution in [0.15, 0.2) is 91.0 Å². The van der Waals surface area contributed by atoms with Crippen LogP contribution in [-0.2, 0) is 4.57 Å². The van der Waals surface area contributed by atoms with Crippen molar-refractivity contribution in [2.75, 3.05) is 6.16 Å². The second-order valence-electron chi connectivity index (χ2n) is 6.62. The molecule has 0 fully saturated rings. The van der Waals surface area contributed by atoms with E-state index in [4.69, 9.17) is 19.2 Å². The molecule has 0 spiro atoms. The van der Waals surface area contributed by atoms with Gasteiger partial charge in [-0.25, -0.2) is 4.57 Å². The van der Waals surface area contributed by atoms with E-state index in [2.05, 4.69) is 97.9 Å². The summed E-state index contributed by atoms with van der Waals surface area (Å²) in [5.74, 6) is 0. The van der Waals surface area contributed by atoms with Gasteiger partial charge in [0.1, 0.15) is 0 Å². The minimum atomic E-state index is -4.64. The minimum absolute atomic E-state index is 1.24. The van der Waals surface area contributed by atoms with Gasteiger partial charge in [-0.2, -0.15) is 0 Å². The second kappa shape index (κ2) is 10.7. The molecule has 0 aliphatic carbocycles. The molecule has 0 amide bonds. The van der Waals surface area contributed by atoms with Gasteiger partial charge in [0.05, 0.1) is 0 Å². The average Bonchev–Trinajstić information content (AvgIpc) is 2.70. The summed E-state index contributed by atoms with van der Waals surface area (Å²) in [6.07, 6.45) is 3.77. The van der Waals surface area contributed by atoms with Crippen LogP contribution in [0.2, 0.25) is 0 Å². The topological polar surface area (TPSA) is 77.8 Å². The van der Waals surface area contributed by atoms with Crippen molar-refractivity contribution >= 4 is 31.0 Å². The molecule has 0 saturated carbocycles. The molecular weight excluding hydrogens is 390 g/mol. The fourth-order valence-corrected chi connectivity index (χ4v) is 8.58. The number of rotatable bonds is 6. The van der Waals surface area contributed by atoms with Crippen molar-refractivity contribution in [3.63, 3.8) is 0 Å². The van der Waals surface area contributed by atoms with Gasteiger partial charge in [-0.1, -0.05) is 0 Å². The van der Waals surface area contributed by atoms with Crippen LogP contribution < -0.4 is 15.9 Å². The van der Waals surface area contributed by atoms with Gasteiger partial charge in [-0.15, -0.1) is 0 Å². The van der Waals surface area contributed by atoms with E-state index in [0.29, 0.717) is 0 Å². The Bertz CT molecular complexity index is 760. The molecule has 3 aromatic rings. The van der Waals surface area contributed by atoms with Gasteiger partial charge in [0.25, 0.3) is 0 Å². The maximum absolute atomic E-state index is 8.88. The van der Waals surface area contributed by atoms with E-state index in [1.807, 2.05) is 0 Å². The summed E-state index contributed by atoms with van der Waals surface area (Å²) in [5, 5.41) is 4.56. The zero-order chi connectivity index (χ0) is 20.5. The van der Waals surface area contributed by atoms with Crippen molar-refractivity contribution in [3.8, 4) is 0 Å². The van der Waals surface area contributed by atoms with E-state index in [9.17, 15) is 0 Å². The summed E-state index contributed by atoms with van der Waals surface area (Å²) in [6, 6.07) is 33.5. The average molecular weight is 418 g/mol. The first-order chi connectivity index (χ1) is 13.4. The quantitative estimate of drug-likeness (QED) is 0.535. The Labute approximate surface area is 167 Å². The number of hydrogen-bond donors (Lipinski definition) is 3. The molecule has 0 atom stereocenters. The molecule has 0 unspecified atom stereocenters. The molecule has 3 aromatic carbocycles. The zero-order valence-corrected chi connectivity index (χ0v) is 17.9. The summed E-state index contributed by atoms with van der Waals surface area (Å²) < 4.78 is 8.88. The third-order valence-corrected chi connectivity index (χ3v) is 9.77. The molecule has 0 aliphatic heterocycles. The fraction of sp³-hybridized carbons (Fsp3) is 0.182. The summed E-state index contributed by atoms with van der Waals surface area (Å²) in [7, 11) is -6.58. The van der Waals surface area contributed by atoms with E-state index in [0.717, 1.165) is 0 Å². The van der Waals surface area contributed by atoms with E-state index in [1.165, 1.54) is 34.9 Å². The van der Waals surface area contributed by atoms with Crippen LogP contribution >= 0.6 is 15.1 Å². The maximum Gasteiger partial charge on any atom is 0.466 e. The van der Waals surface area contributed by atoms with Crippen molar-refractivity contribution in [2.24, 2.45) is 0 Å². The molecule has 4 nitrogen and oxygen atoms in total. The third-order valence-electron chi connectivity index (χ3n) is 4.71. The van der Waals surface area contributed by atoms with E-state index in [1.54, 1.807) is 0 Å². The Hall–Kier alpha value is -1.80. The summed E-state index contributed by atoms with van der Waals surface area (Å²) in [5.41, 5.74) is 0. The molecule has 0 bridgehead atoms. The number of phosphoric acid groups is 1. The van der Waals surface area contributed by atoms with Gasteiger partial charge in [0, 0.05) is 0 Å². The third kappa shape index (κ3) is 6.38. The Morgan fingerprint density at radius 3 is 1.21 bits per heavy atom. The van der Waals surface area contributed by atoms with Crippen LogP contribution in [0, 0.1) is 0 Å². The second-order valence-corrected chi connectivity index (χ2v) is 11.7. The van der Waals surface area contributed by atoms with Gasteiger partial charge in [0.15, 0.2) is 0 Å². The van der Waals surface area contributed by atoms with Crippen molar-refractivity contribution in [1.82, 2.24) is 0 Å². The molecule has 6 heteroatoms. The van der Waals surface area contributed by atoms with E-state index in [-0.39, 0.29) is 0 Å². The van der Waals surface area contributed by atoms with Crippen LogP contribution in [0.3, 0.4) is 0 Å². The Morgan fingerprint density at radius 2 is 0.964 bits per heavy atom. The summed E-state index contributed by atoms with van der Waals surface area (Å²) in [6.45, 7) is 2.29. The fourth-order valence-electron chi connectivity index (χ4n) is 3.54. The predicted molar refractivity (Wildman–Crippen MR) is 121 cm³/mol. The van der Waals surface area contributed by atoms with Crippen molar-refractivity contribution in [2.45, 2.75) is 19.8 Å². The molecule has 0 radical (unpaired) electrons. The van der Waals surface area contributed by atoms with Gasteiger partial charge < -0.3 is 14.7 Å². The molecule has 0 heterocycles. The maximum atomic E-state index is 8.88. The smallest absolute Gasteiger partial charge is 0.303 e. The Morgan fingerprint density at radius 1 is 0.679 bits per heavy atom. The molecule has 28 heavy (non-hydrogen) atoms. The van der Waals surface area contributed by atoms with Crippen LogP contribution in [0.4, 0.5) is 0 Å². The van der Waals surface area contributed by atoms with Crippen molar-refractivity contribution < 1.29 is 19.2 Å². The van der Waals surface area contributed by atoms with Gasteiger partial charge in [-0.3, -0.25) is 0 Å². The van der Waals surface area contributed by atoms with E-state index >= 15 is 0 Å². The Balaban J connectivity index is 0.000000500. The molecule has 3 N–H and O–H groups in total. The van der Waals surface area contributed by atoms with Crippen LogP contribution in [-0.4, -0.2) is 20.8 Å². The largest absolute Gasteiger partial charge is 0.466 e. The molecular formula is C22H28O4P2. The number of unbranched alkanes of at least 4 members (excludes halogenated alkanes) is 1. The molecule has 3 rings (SSSR count). The van der Waals surface area contributed by atoms with Crippen LogP contribution in [0.25, 0.3) is 0 Å². The standard InChI is InChI=1S/C22H25P.H3O4P/c1-2-3-19-23(20-13-7-4-8-14-20,21-15-9-5-10-16-21)22-17-11-6-12-18-22;1-5(2,3)4/h4-18,23H,2-3,19H2,1H3;(H3,1,2,3,4). The molecule has 0 aromatic heterocycles. The van der Waals surface area contributed by atoms with Crippen molar-refractivity contribution in [1.29, 1.82) is 0 Å². The van der Waals surface area contributed by atoms with Gasteiger partial charge in [0.2, 0.25) is 0 Å². The first kappa shape index (κ1) is 22.5. The van der Waals surface area contributed by atoms with Crippen LogP contribution in [0.5, 0.6) is 0 Å². The summed E-state index contributed by atoms with van der Waals surface area (Å²) in [4.78, 5) is 21.6. The SMILES string of the molecule is CCCC[PH](c1ccccc1)(c1ccccc1)c1ccccc1.O=P(O)(O)O. The minimum Gasteiger partial charge on any atom is -0.303 e. The molecule has 0 aliphatic rings. The van der Waals surface area contributed by atoms with Gasteiger partial charge in [-0.05, 0) is 0 Å². The van der Waals surface area contributed by atoms with Crippen LogP contribution in [0.1, 0.15) is 19.8 Å².